The second-order valence-corrected chi connectivity index (χ2v) is 8.06. The fraction of sp³-hybridized carbons (Fsp3) is 1.00. The van der Waals surface area contributed by atoms with Crippen molar-refractivity contribution in [1.29, 1.82) is 0 Å². The third-order valence-electron chi connectivity index (χ3n) is 4.08. The molecule has 0 saturated carbocycles. The monoisotopic (exact) mass is 289 g/mol. The standard InChI is InChI=1S/C13H23NO2S2/c1-3-16-13(2-4-15-10-13)7-11(1)14-8-12-9-17-5-6-18-12/h11-12,14H,1-10H2. The number of hydrogen-bond donors (Lipinski definition) is 1. The summed E-state index contributed by atoms with van der Waals surface area (Å²) >= 11 is 4.24. The van der Waals surface area contributed by atoms with E-state index >= 15 is 0 Å². The Morgan fingerprint density at radius 1 is 1.28 bits per heavy atom. The number of hydrogen-bond acceptors (Lipinski definition) is 5. The first-order valence-corrected chi connectivity index (χ1v) is 9.21. The molecule has 3 atom stereocenters. The average molecular weight is 289 g/mol. The highest BCUT2D eigenvalue weighted by Gasteiger charge is 2.40. The second kappa shape index (κ2) is 6.35. The minimum atomic E-state index is 0.0460. The van der Waals surface area contributed by atoms with Crippen LogP contribution < -0.4 is 5.32 Å². The fourth-order valence-electron chi connectivity index (χ4n) is 3.02. The summed E-state index contributed by atoms with van der Waals surface area (Å²) in [6.07, 6.45) is 3.38. The molecule has 104 valence electrons. The summed E-state index contributed by atoms with van der Waals surface area (Å²) in [7, 11) is 0. The van der Waals surface area contributed by atoms with Crippen molar-refractivity contribution in [2.45, 2.75) is 36.2 Å². The number of nitrogens with one attached hydrogen (secondary N) is 1. The predicted octanol–water partition coefficient (Wildman–Crippen LogP) is 1.76. The van der Waals surface area contributed by atoms with Crippen LogP contribution in [-0.2, 0) is 9.47 Å². The molecule has 1 spiro atoms. The molecule has 3 rings (SSSR count). The van der Waals surface area contributed by atoms with Gasteiger partial charge in [0.1, 0.15) is 0 Å². The molecule has 3 aliphatic rings. The number of thioether (sulfide) groups is 2. The number of rotatable bonds is 3. The van der Waals surface area contributed by atoms with E-state index in [1.807, 2.05) is 0 Å². The molecule has 0 radical (unpaired) electrons. The quantitative estimate of drug-likeness (QED) is 0.855. The highest BCUT2D eigenvalue weighted by molar-refractivity contribution is 8.06. The maximum atomic E-state index is 5.97. The molecule has 1 N–H and O–H groups in total. The van der Waals surface area contributed by atoms with Gasteiger partial charge in [-0.3, -0.25) is 0 Å². The van der Waals surface area contributed by atoms with Gasteiger partial charge in [0.05, 0.1) is 12.2 Å². The molecule has 3 heterocycles. The van der Waals surface area contributed by atoms with E-state index in [1.54, 1.807) is 0 Å². The van der Waals surface area contributed by atoms with Gasteiger partial charge < -0.3 is 14.8 Å². The van der Waals surface area contributed by atoms with E-state index in [2.05, 4.69) is 28.8 Å². The van der Waals surface area contributed by atoms with Crippen molar-refractivity contribution in [3.05, 3.63) is 0 Å². The van der Waals surface area contributed by atoms with Gasteiger partial charge in [0, 0.05) is 54.7 Å². The van der Waals surface area contributed by atoms with Gasteiger partial charge in [-0.15, -0.1) is 0 Å². The minimum Gasteiger partial charge on any atom is -0.378 e. The predicted molar refractivity (Wildman–Crippen MR) is 78.7 cm³/mol. The van der Waals surface area contributed by atoms with Gasteiger partial charge in [0.2, 0.25) is 0 Å². The molecule has 3 fully saturated rings. The highest BCUT2D eigenvalue weighted by atomic mass is 32.2. The molecule has 3 unspecified atom stereocenters. The molecule has 3 aliphatic heterocycles. The van der Waals surface area contributed by atoms with Crippen molar-refractivity contribution in [2.24, 2.45) is 0 Å². The van der Waals surface area contributed by atoms with Crippen molar-refractivity contribution in [3.63, 3.8) is 0 Å². The van der Waals surface area contributed by atoms with Crippen LogP contribution in [0.5, 0.6) is 0 Å². The SMILES string of the molecule is C1CC2(CO1)CC(NCC1CSCCS1)CCO2. The minimum absolute atomic E-state index is 0.0460. The van der Waals surface area contributed by atoms with Gasteiger partial charge in [-0.05, 0) is 12.8 Å². The smallest absolute Gasteiger partial charge is 0.0951 e. The Kier molecular flexibility index (Phi) is 4.79. The number of ether oxygens (including phenoxy) is 2. The van der Waals surface area contributed by atoms with E-state index in [1.165, 1.54) is 23.8 Å². The van der Waals surface area contributed by atoms with Crippen LogP contribution in [0.25, 0.3) is 0 Å². The topological polar surface area (TPSA) is 30.5 Å². The summed E-state index contributed by atoms with van der Waals surface area (Å²) in [6.45, 7) is 3.74. The van der Waals surface area contributed by atoms with Crippen molar-refractivity contribution in [3.8, 4) is 0 Å². The maximum Gasteiger partial charge on any atom is 0.0951 e. The molecule has 5 heteroatoms. The Hall–Kier alpha value is 0.580. The molecule has 3 nitrogen and oxygen atoms in total. The van der Waals surface area contributed by atoms with Gasteiger partial charge in [-0.1, -0.05) is 0 Å². The summed E-state index contributed by atoms with van der Waals surface area (Å²) in [5.74, 6) is 3.97. The lowest BCUT2D eigenvalue weighted by Crippen LogP contribution is -2.49. The Balaban J connectivity index is 1.44. The lowest BCUT2D eigenvalue weighted by atomic mass is 9.89. The fourth-order valence-corrected chi connectivity index (χ4v) is 5.64. The molecule has 18 heavy (non-hydrogen) atoms. The van der Waals surface area contributed by atoms with E-state index in [0.29, 0.717) is 6.04 Å². The summed E-state index contributed by atoms with van der Waals surface area (Å²) in [6, 6.07) is 0.632. The molecular formula is C13H23NO2S2. The van der Waals surface area contributed by atoms with Gasteiger partial charge >= 0.3 is 0 Å². The lowest BCUT2D eigenvalue weighted by molar-refractivity contribution is -0.0891. The normalized spacial score (nSPS) is 41.3. The second-order valence-electron chi connectivity index (χ2n) is 5.50. The van der Waals surface area contributed by atoms with E-state index in [0.717, 1.165) is 44.3 Å². The zero-order valence-corrected chi connectivity index (χ0v) is 12.5. The lowest BCUT2D eigenvalue weighted by Gasteiger charge is -2.38. The first-order chi connectivity index (χ1) is 8.86. The summed E-state index contributed by atoms with van der Waals surface area (Å²) in [5.41, 5.74) is 0.0460. The third kappa shape index (κ3) is 3.37. The van der Waals surface area contributed by atoms with E-state index in [-0.39, 0.29) is 5.60 Å². The van der Waals surface area contributed by atoms with Crippen LogP contribution in [0, 0.1) is 0 Å². The van der Waals surface area contributed by atoms with Crippen LogP contribution in [0.4, 0.5) is 0 Å². The molecule has 0 aliphatic carbocycles. The Morgan fingerprint density at radius 3 is 3.06 bits per heavy atom. The molecular weight excluding hydrogens is 266 g/mol. The van der Waals surface area contributed by atoms with Crippen LogP contribution in [0.2, 0.25) is 0 Å². The van der Waals surface area contributed by atoms with Gasteiger partial charge in [-0.25, -0.2) is 0 Å². The van der Waals surface area contributed by atoms with Crippen LogP contribution in [0.3, 0.4) is 0 Å². The molecule has 0 aromatic heterocycles. The molecule has 0 amide bonds. The zero-order valence-electron chi connectivity index (χ0n) is 10.9. The van der Waals surface area contributed by atoms with Crippen molar-refractivity contribution in [2.75, 3.05) is 43.6 Å². The summed E-state index contributed by atoms with van der Waals surface area (Å²) in [5, 5.41) is 4.58. The highest BCUT2D eigenvalue weighted by Crippen LogP contribution is 2.33. The van der Waals surface area contributed by atoms with Crippen LogP contribution in [-0.4, -0.2) is 60.5 Å². The van der Waals surface area contributed by atoms with Crippen LogP contribution >= 0.6 is 23.5 Å². The van der Waals surface area contributed by atoms with Crippen LogP contribution in [0.1, 0.15) is 19.3 Å². The Morgan fingerprint density at radius 2 is 2.28 bits per heavy atom. The first-order valence-electron chi connectivity index (χ1n) is 7.01. The van der Waals surface area contributed by atoms with E-state index in [9.17, 15) is 0 Å². The maximum absolute atomic E-state index is 5.97. The Bertz CT molecular complexity index is 266. The zero-order chi connectivity index (χ0) is 12.3. The molecule has 0 aromatic carbocycles. The molecule has 3 saturated heterocycles. The van der Waals surface area contributed by atoms with E-state index < -0.39 is 0 Å². The van der Waals surface area contributed by atoms with Crippen molar-refractivity contribution < 1.29 is 9.47 Å². The molecule has 0 aromatic rings. The third-order valence-corrected chi connectivity index (χ3v) is 6.92. The van der Waals surface area contributed by atoms with Crippen molar-refractivity contribution >= 4 is 23.5 Å². The van der Waals surface area contributed by atoms with Gasteiger partial charge in [0.15, 0.2) is 0 Å². The van der Waals surface area contributed by atoms with Crippen LogP contribution in [0.15, 0.2) is 0 Å². The summed E-state index contributed by atoms with van der Waals surface area (Å²) in [4.78, 5) is 0. The molecule has 0 bridgehead atoms. The van der Waals surface area contributed by atoms with Gasteiger partial charge in [0.25, 0.3) is 0 Å². The summed E-state index contributed by atoms with van der Waals surface area (Å²) < 4.78 is 11.5. The first kappa shape index (κ1) is 13.6. The Labute approximate surface area is 118 Å². The average Bonchev–Trinajstić information content (AvgIpc) is 2.86. The largest absolute Gasteiger partial charge is 0.378 e. The van der Waals surface area contributed by atoms with Crippen molar-refractivity contribution in [1.82, 2.24) is 5.32 Å². The van der Waals surface area contributed by atoms with Gasteiger partial charge in [-0.2, -0.15) is 23.5 Å². The van der Waals surface area contributed by atoms with E-state index in [4.69, 9.17) is 9.47 Å².